The molecule has 1 saturated carbocycles. The van der Waals surface area contributed by atoms with Gasteiger partial charge in [0, 0.05) is 31.6 Å². The molecule has 2 heterocycles. The van der Waals surface area contributed by atoms with Gasteiger partial charge in [0.05, 0.1) is 5.69 Å². The molecular weight excluding hydrogens is 226 g/mol. The zero-order chi connectivity index (χ0) is 12.2. The van der Waals surface area contributed by atoms with Crippen molar-refractivity contribution in [3.05, 3.63) is 17.5 Å². The van der Waals surface area contributed by atoms with Crippen LogP contribution in [0, 0.1) is 0 Å². The van der Waals surface area contributed by atoms with Crippen molar-refractivity contribution in [1.29, 1.82) is 0 Å². The number of piperidine rings is 1. The minimum atomic E-state index is 0.666. The normalized spacial score (nSPS) is 21.3. The first-order valence-corrected chi connectivity index (χ1v) is 7.30. The van der Waals surface area contributed by atoms with Crippen LogP contribution >= 0.6 is 0 Å². The van der Waals surface area contributed by atoms with Crippen LogP contribution in [0.25, 0.3) is 0 Å². The van der Waals surface area contributed by atoms with Gasteiger partial charge in [0.25, 0.3) is 0 Å². The Labute approximate surface area is 109 Å². The van der Waals surface area contributed by atoms with E-state index in [-0.39, 0.29) is 0 Å². The highest BCUT2D eigenvalue weighted by atomic mass is 16.5. The van der Waals surface area contributed by atoms with E-state index in [9.17, 15) is 0 Å². The fraction of sp³-hybridized carbons (Fsp3) is 0.786. The average Bonchev–Trinajstić information content (AvgIpc) is 3.16. The molecule has 1 N–H and O–H groups in total. The Hall–Kier alpha value is -0.870. The van der Waals surface area contributed by atoms with Crippen molar-refractivity contribution in [1.82, 2.24) is 15.4 Å². The molecule has 0 bridgehead atoms. The van der Waals surface area contributed by atoms with Crippen molar-refractivity contribution in [2.45, 2.75) is 44.6 Å². The number of aromatic nitrogens is 1. The molecule has 0 unspecified atom stereocenters. The Morgan fingerprint density at radius 1 is 1.28 bits per heavy atom. The Kier molecular flexibility index (Phi) is 3.96. The van der Waals surface area contributed by atoms with Gasteiger partial charge in [0.1, 0.15) is 5.76 Å². The van der Waals surface area contributed by atoms with Crippen LogP contribution in [0.4, 0.5) is 0 Å². The molecule has 1 aromatic heterocycles. The third-order valence-corrected chi connectivity index (χ3v) is 3.92. The minimum absolute atomic E-state index is 0.666. The predicted molar refractivity (Wildman–Crippen MR) is 70.5 cm³/mol. The Morgan fingerprint density at radius 2 is 2.11 bits per heavy atom. The molecule has 1 aliphatic heterocycles. The van der Waals surface area contributed by atoms with Crippen molar-refractivity contribution in [3.8, 4) is 0 Å². The molecule has 4 heteroatoms. The van der Waals surface area contributed by atoms with E-state index in [1.54, 1.807) is 0 Å². The van der Waals surface area contributed by atoms with Gasteiger partial charge in [-0.05, 0) is 38.8 Å². The van der Waals surface area contributed by atoms with E-state index in [0.29, 0.717) is 5.92 Å². The molecule has 1 aliphatic carbocycles. The lowest BCUT2D eigenvalue weighted by Gasteiger charge is -2.26. The quantitative estimate of drug-likeness (QED) is 0.784. The largest absolute Gasteiger partial charge is 0.361 e. The second-order valence-corrected chi connectivity index (χ2v) is 5.57. The Bertz CT molecular complexity index is 367. The van der Waals surface area contributed by atoms with Gasteiger partial charge < -0.3 is 14.7 Å². The standard InChI is InChI=1S/C14H23N3O/c1-2-7-17(8-3-1)9-6-15-11-13-10-14(18-16-13)12-4-5-12/h10,12,15H,1-9,11H2. The molecule has 1 aromatic rings. The number of likely N-dealkylation sites (tertiary alicyclic amines) is 1. The highest BCUT2D eigenvalue weighted by molar-refractivity contribution is 5.14. The summed E-state index contributed by atoms with van der Waals surface area (Å²) in [5, 5.41) is 7.57. The molecule has 0 atom stereocenters. The molecular formula is C14H23N3O. The molecule has 0 aromatic carbocycles. The van der Waals surface area contributed by atoms with Gasteiger partial charge in [0.15, 0.2) is 0 Å². The molecule has 0 radical (unpaired) electrons. The van der Waals surface area contributed by atoms with Gasteiger partial charge in [-0.15, -0.1) is 0 Å². The summed E-state index contributed by atoms with van der Waals surface area (Å²) in [5.41, 5.74) is 1.05. The minimum Gasteiger partial charge on any atom is -0.361 e. The van der Waals surface area contributed by atoms with E-state index >= 15 is 0 Å². The van der Waals surface area contributed by atoms with E-state index in [0.717, 1.165) is 31.1 Å². The molecule has 0 amide bonds. The maximum atomic E-state index is 5.34. The summed E-state index contributed by atoms with van der Waals surface area (Å²) in [4.78, 5) is 2.55. The smallest absolute Gasteiger partial charge is 0.140 e. The molecule has 100 valence electrons. The van der Waals surface area contributed by atoms with Gasteiger partial charge >= 0.3 is 0 Å². The van der Waals surface area contributed by atoms with Crippen molar-refractivity contribution in [2.75, 3.05) is 26.2 Å². The van der Waals surface area contributed by atoms with Crippen LogP contribution in [-0.2, 0) is 6.54 Å². The first-order chi connectivity index (χ1) is 8.92. The van der Waals surface area contributed by atoms with Crippen LogP contribution in [0.3, 0.4) is 0 Å². The van der Waals surface area contributed by atoms with E-state index in [4.69, 9.17) is 4.52 Å². The van der Waals surface area contributed by atoms with Crippen molar-refractivity contribution in [3.63, 3.8) is 0 Å². The summed E-state index contributed by atoms with van der Waals surface area (Å²) in [6.45, 7) is 5.60. The lowest BCUT2D eigenvalue weighted by Crippen LogP contribution is -2.35. The Morgan fingerprint density at radius 3 is 2.89 bits per heavy atom. The van der Waals surface area contributed by atoms with Gasteiger partial charge in [0.2, 0.25) is 0 Å². The zero-order valence-electron chi connectivity index (χ0n) is 11.0. The van der Waals surface area contributed by atoms with Gasteiger partial charge in [-0.3, -0.25) is 0 Å². The molecule has 0 spiro atoms. The van der Waals surface area contributed by atoms with Crippen molar-refractivity contribution < 1.29 is 4.52 Å². The van der Waals surface area contributed by atoms with E-state index in [1.165, 1.54) is 45.2 Å². The summed E-state index contributed by atoms with van der Waals surface area (Å²) >= 11 is 0. The van der Waals surface area contributed by atoms with E-state index in [2.05, 4.69) is 21.4 Å². The topological polar surface area (TPSA) is 41.3 Å². The van der Waals surface area contributed by atoms with E-state index < -0.39 is 0 Å². The summed E-state index contributed by atoms with van der Waals surface area (Å²) in [7, 11) is 0. The number of rotatable bonds is 6. The molecule has 3 rings (SSSR count). The fourth-order valence-electron chi connectivity index (χ4n) is 2.61. The van der Waals surface area contributed by atoms with Crippen LogP contribution in [0.5, 0.6) is 0 Å². The lowest BCUT2D eigenvalue weighted by molar-refractivity contribution is 0.228. The van der Waals surface area contributed by atoms with Crippen LogP contribution in [-0.4, -0.2) is 36.2 Å². The monoisotopic (exact) mass is 249 g/mol. The van der Waals surface area contributed by atoms with Crippen molar-refractivity contribution in [2.24, 2.45) is 0 Å². The number of nitrogens with one attached hydrogen (secondary N) is 1. The molecule has 4 nitrogen and oxygen atoms in total. The second kappa shape index (κ2) is 5.85. The van der Waals surface area contributed by atoms with E-state index in [1.807, 2.05) is 0 Å². The first-order valence-electron chi connectivity index (χ1n) is 7.30. The number of hydrogen-bond acceptors (Lipinski definition) is 4. The van der Waals surface area contributed by atoms with Gasteiger partial charge in [-0.1, -0.05) is 11.6 Å². The molecule has 18 heavy (non-hydrogen) atoms. The summed E-state index contributed by atoms with van der Waals surface area (Å²) < 4.78 is 5.34. The van der Waals surface area contributed by atoms with Crippen LogP contribution in [0.15, 0.2) is 10.6 Å². The highest BCUT2D eigenvalue weighted by Crippen LogP contribution is 2.40. The summed E-state index contributed by atoms with van der Waals surface area (Å²) in [6.07, 6.45) is 6.70. The molecule has 2 fully saturated rings. The number of hydrogen-bond donors (Lipinski definition) is 1. The second-order valence-electron chi connectivity index (χ2n) is 5.57. The number of nitrogens with zero attached hydrogens (tertiary/aromatic N) is 2. The lowest BCUT2D eigenvalue weighted by atomic mass is 10.1. The van der Waals surface area contributed by atoms with Crippen molar-refractivity contribution >= 4 is 0 Å². The molecule has 1 saturated heterocycles. The van der Waals surface area contributed by atoms with Gasteiger partial charge in [-0.2, -0.15) is 0 Å². The van der Waals surface area contributed by atoms with Crippen LogP contribution in [0.1, 0.15) is 49.5 Å². The zero-order valence-corrected chi connectivity index (χ0v) is 11.0. The molecule has 2 aliphatic rings. The third-order valence-electron chi connectivity index (χ3n) is 3.92. The SMILES string of the molecule is c1c(CNCCN2CCCCC2)noc1C1CC1. The predicted octanol–water partition coefficient (Wildman–Crippen LogP) is 2.13. The van der Waals surface area contributed by atoms with Crippen LogP contribution < -0.4 is 5.32 Å². The van der Waals surface area contributed by atoms with Gasteiger partial charge in [-0.25, -0.2) is 0 Å². The highest BCUT2D eigenvalue weighted by Gasteiger charge is 2.27. The average molecular weight is 249 g/mol. The summed E-state index contributed by atoms with van der Waals surface area (Å²) in [6, 6.07) is 2.12. The maximum absolute atomic E-state index is 5.34. The van der Waals surface area contributed by atoms with Crippen LogP contribution in [0.2, 0.25) is 0 Å². The maximum Gasteiger partial charge on any atom is 0.140 e. The first kappa shape index (κ1) is 12.2. The third kappa shape index (κ3) is 3.33. The summed E-state index contributed by atoms with van der Waals surface area (Å²) in [5.74, 6) is 1.75. The Balaban J connectivity index is 1.33. The fourth-order valence-corrected chi connectivity index (χ4v) is 2.61.